The van der Waals surface area contributed by atoms with Gasteiger partial charge in [0.1, 0.15) is 6.54 Å². The van der Waals surface area contributed by atoms with Crippen molar-refractivity contribution in [1.29, 1.82) is 0 Å². The van der Waals surface area contributed by atoms with E-state index >= 15 is 0 Å². The normalized spacial score (nSPS) is 13.5. The fourth-order valence-corrected chi connectivity index (χ4v) is 3.03. The second-order valence-corrected chi connectivity index (χ2v) is 6.19. The Morgan fingerprint density at radius 1 is 1.27 bits per heavy atom. The van der Waals surface area contributed by atoms with Crippen LogP contribution in [0.3, 0.4) is 0 Å². The number of halogens is 1. The standard InChI is InChI=1S/C16H16BrN3O2/c17-12-6-2-4-8-14(12)19-15(21)9-20-10-18-13-7-3-1-5-11(13)16(20)22/h2,4,6,8,10H,1,3,5,7,9H2,(H,19,21). The van der Waals surface area contributed by atoms with Gasteiger partial charge < -0.3 is 5.32 Å². The minimum Gasteiger partial charge on any atom is -0.324 e. The van der Waals surface area contributed by atoms with E-state index in [4.69, 9.17) is 0 Å². The van der Waals surface area contributed by atoms with Gasteiger partial charge in [-0.15, -0.1) is 0 Å². The van der Waals surface area contributed by atoms with Crippen LogP contribution >= 0.6 is 15.9 Å². The maximum atomic E-state index is 12.4. The van der Waals surface area contributed by atoms with E-state index in [9.17, 15) is 9.59 Å². The number of anilines is 1. The molecule has 6 heteroatoms. The van der Waals surface area contributed by atoms with Crippen molar-refractivity contribution in [3.05, 3.63) is 56.7 Å². The predicted octanol–water partition coefficient (Wildman–Crippen LogP) is 2.52. The summed E-state index contributed by atoms with van der Waals surface area (Å²) < 4.78 is 2.19. The van der Waals surface area contributed by atoms with E-state index in [2.05, 4.69) is 26.2 Å². The van der Waals surface area contributed by atoms with E-state index in [-0.39, 0.29) is 18.0 Å². The van der Waals surface area contributed by atoms with Crippen LogP contribution in [0.15, 0.2) is 39.9 Å². The molecule has 0 bridgehead atoms. The molecule has 5 nitrogen and oxygen atoms in total. The molecule has 0 radical (unpaired) electrons. The number of carbonyl (C=O) groups is 1. The molecule has 2 aromatic rings. The molecule has 0 saturated carbocycles. The molecule has 3 rings (SSSR count). The molecule has 114 valence electrons. The zero-order chi connectivity index (χ0) is 15.5. The number of carbonyl (C=O) groups excluding carboxylic acids is 1. The largest absolute Gasteiger partial charge is 0.324 e. The number of hydrogen-bond acceptors (Lipinski definition) is 3. The highest BCUT2D eigenvalue weighted by atomic mass is 79.9. The van der Waals surface area contributed by atoms with Crippen LogP contribution in [0.1, 0.15) is 24.1 Å². The van der Waals surface area contributed by atoms with Gasteiger partial charge in [-0.2, -0.15) is 0 Å². The molecule has 1 aliphatic carbocycles. The van der Waals surface area contributed by atoms with Crippen LogP contribution in [0.4, 0.5) is 5.69 Å². The van der Waals surface area contributed by atoms with Crippen molar-refractivity contribution in [2.45, 2.75) is 32.2 Å². The van der Waals surface area contributed by atoms with Crippen LogP contribution < -0.4 is 10.9 Å². The number of benzene rings is 1. The summed E-state index contributed by atoms with van der Waals surface area (Å²) in [6, 6.07) is 7.36. The molecular weight excluding hydrogens is 346 g/mol. The first-order chi connectivity index (χ1) is 10.6. The minimum atomic E-state index is -0.244. The van der Waals surface area contributed by atoms with Crippen LogP contribution in [0.5, 0.6) is 0 Å². The first kappa shape index (κ1) is 15.0. The van der Waals surface area contributed by atoms with Gasteiger partial charge in [0.15, 0.2) is 0 Å². The summed E-state index contributed by atoms with van der Waals surface area (Å²) in [4.78, 5) is 28.9. The first-order valence-electron chi connectivity index (χ1n) is 7.27. The average Bonchev–Trinajstić information content (AvgIpc) is 2.53. The third kappa shape index (κ3) is 3.11. The Morgan fingerprint density at radius 2 is 2.05 bits per heavy atom. The molecule has 0 atom stereocenters. The predicted molar refractivity (Wildman–Crippen MR) is 87.9 cm³/mol. The van der Waals surface area contributed by atoms with Crippen molar-refractivity contribution >= 4 is 27.5 Å². The Morgan fingerprint density at radius 3 is 2.86 bits per heavy atom. The quantitative estimate of drug-likeness (QED) is 0.913. The Kier molecular flexibility index (Phi) is 4.38. The molecule has 1 N–H and O–H groups in total. The third-order valence-corrected chi connectivity index (χ3v) is 4.46. The molecule has 1 aromatic heterocycles. The lowest BCUT2D eigenvalue weighted by atomic mass is 9.97. The highest BCUT2D eigenvalue weighted by molar-refractivity contribution is 9.10. The summed E-state index contributed by atoms with van der Waals surface area (Å²) in [6.07, 6.45) is 5.18. The van der Waals surface area contributed by atoms with E-state index in [1.165, 1.54) is 10.9 Å². The summed E-state index contributed by atoms with van der Waals surface area (Å²) in [6.45, 7) is -0.0273. The van der Waals surface area contributed by atoms with E-state index in [0.29, 0.717) is 5.69 Å². The molecule has 0 unspecified atom stereocenters. The third-order valence-electron chi connectivity index (χ3n) is 3.77. The number of amides is 1. The lowest BCUT2D eigenvalue weighted by molar-refractivity contribution is -0.116. The summed E-state index contributed by atoms with van der Waals surface area (Å²) in [5.74, 6) is -0.244. The number of aryl methyl sites for hydroxylation is 1. The second-order valence-electron chi connectivity index (χ2n) is 5.34. The van der Waals surface area contributed by atoms with Gasteiger partial charge in [-0.3, -0.25) is 14.2 Å². The van der Waals surface area contributed by atoms with Gasteiger partial charge in [-0.25, -0.2) is 4.98 Å². The highest BCUT2D eigenvalue weighted by Gasteiger charge is 2.16. The maximum Gasteiger partial charge on any atom is 0.257 e. The van der Waals surface area contributed by atoms with E-state index in [1.807, 2.05) is 18.2 Å². The Labute approximate surface area is 136 Å². The summed E-state index contributed by atoms with van der Waals surface area (Å²) in [7, 11) is 0. The van der Waals surface area contributed by atoms with E-state index in [0.717, 1.165) is 41.4 Å². The van der Waals surface area contributed by atoms with Crippen LogP contribution in [-0.4, -0.2) is 15.5 Å². The van der Waals surface area contributed by atoms with Gasteiger partial charge in [0.05, 0.1) is 17.7 Å². The number of rotatable bonds is 3. The molecule has 0 spiro atoms. The van der Waals surface area contributed by atoms with Gasteiger partial charge in [-0.05, 0) is 53.7 Å². The van der Waals surface area contributed by atoms with Crippen molar-refractivity contribution in [3.8, 4) is 0 Å². The summed E-state index contributed by atoms with van der Waals surface area (Å²) in [5, 5.41) is 2.79. The topological polar surface area (TPSA) is 64.0 Å². The van der Waals surface area contributed by atoms with Crippen LogP contribution in [0.2, 0.25) is 0 Å². The van der Waals surface area contributed by atoms with Gasteiger partial charge in [0, 0.05) is 10.0 Å². The minimum absolute atomic E-state index is 0.0273. The molecular formula is C16H16BrN3O2. The van der Waals surface area contributed by atoms with E-state index in [1.54, 1.807) is 6.07 Å². The Hall–Kier alpha value is -1.95. The summed E-state index contributed by atoms with van der Waals surface area (Å²) in [5.41, 5.74) is 2.25. The Balaban J connectivity index is 1.77. The molecule has 0 aliphatic heterocycles. The number of nitrogens with one attached hydrogen (secondary N) is 1. The number of fused-ring (bicyclic) bond motifs is 1. The van der Waals surface area contributed by atoms with Gasteiger partial charge >= 0.3 is 0 Å². The van der Waals surface area contributed by atoms with Crippen molar-refractivity contribution in [2.75, 3.05) is 5.32 Å². The molecule has 0 saturated heterocycles. The first-order valence-corrected chi connectivity index (χ1v) is 8.06. The Bertz CT molecular complexity index is 770. The fraction of sp³-hybridized carbons (Fsp3) is 0.312. The molecule has 1 aromatic carbocycles. The monoisotopic (exact) mass is 361 g/mol. The smallest absolute Gasteiger partial charge is 0.257 e. The van der Waals surface area contributed by atoms with Crippen molar-refractivity contribution in [1.82, 2.24) is 9.55 Å². The van der Waals surface area contributed by atoms with Crippen LogP contribution in [0, 0.1) is 0 Å². The molecule has 1 heterocycles. The molecule has 22 heavy (non-hydrogen) atoms. The average molecular weight is 362 g/mol. The van der Waals surface area contributed by atoms with Crippen LogP contribution in [-0.2, 0) is 24.2 Å². The van der Waals surface area contributed by atoms with Crippen LogP contribution in [0.25, 0.3) is 0 Å². The zero-order valence-corrected chi connectivity index (χ0v) is 13.6. The molecule has 1 aliphatic rings. The zero-order valence-electron chi connectivity index (χ0n) is 12.0. The number of para-hydroxylation sites is 1. The molecule has 0 fully saturated rings. The van der Waals surface area contributed by atoms with Gasteiger partial charge in [0.25, 0.3) is 5.56 Å². The second kappa shape index (κ2) is 6.44. The SMILES string of the molecule is O=C(Cn1cnc2c(c1=O)CCCC2)Nc1ccccc1Br. The van der Waals surface area contributed by atoms with Crippen molar-refractivity contribution in [3.63, 3.8) is 0 Å². The lowest BCUT2D eigenvalue weighted by Crippen LogP contribution is -2.32. The van der Waals surface area contributed by atoms with E-state index < -0.39 is 0 Å². The van der Waals surface area contributed by atoms with Gasteiger partial charge in [-0.1, -0.05) is 12.1 Å². The van der Waals surface area contributed by atoms with Crippen molar-refractivity contribution in [2.24, 2.45) is 0 Å². The summed E-state index contributed by atoms with van der Waals surface area (Å²) >= 11 is 3.38. The fourth-order valence-electron chi connectivity index (χ4n) is 2.65. The van der Waals surface area contributed by atoms with Gasteiger partial charge in [0.2, 0.25) is 5.91 Å². The maximum absolute atomic E-state index is 12.4. The number of aromatic nitrogens is 2. The lowest BCUT2D eigenvalue weighted by Gasteiger charge is -2.15. The number of hydrogen-bond donors (Lipinski definition) is 1. The highest BCUT2D eigenvalue weighted by Crippen LogP contribution is 2.21. The number of nitrogens with zero attached hydrogens (tertiary/aromatic N) is 2. The van der Waals surface area contributed by atoms with Crippen molar-refractivity contribution < 1.29 is 4.79 Å². The molecule has 1 amide bonds.